The standard InChI is InChI=1S/C24H29N3O2/c1-4-6-10-17(5-2)18-11-12-20-19(15-18)24(21(28)27(3)22(25)26-24)16-23(29-20)13-8-7-9-14-23/h4-6,10-12,15H,2,7-9,13-14,16H2,1,3H3,(H2,25,26). The van der Waals surface area contributed by atoms with Gasteiger partial charge in [-0.05, 0) is 55.9 Å². The summed E-state index contributed by atoms with van der Waals surface area (Å²) in [6.07, 6.45) is 13.6. The second-order valence-electron chi connectivity index (χ2n) is 8.28. The number of ether oxygens (including phenoxy) is 1. The van der Waals surface area contributed by atoms with Gasteiger partial charge in [0.15, 0.2) is 11.5 Å². The highest BCUT2D eigenvalue weighted by Crippen LogP contribution is 2.53. The number of likely N-dealkylation sites (N-methyl/N-ethyl adjacent to an activating group) is 1. The minimum absolute atomic E-state index is 0.0702. The topological polar surface area (TPSA) is 67.9 Å². The highest BCUT2D eigenvalue weighted by molar-refractivity contribution is 6.07. The van der Waals surface area contributed by atoms with Crippen LogP contribution in [0.3, 0.4) is 0 Å². The van der Waals surface area contributed by atoms with E-state index in [9.17, 15) is 4.79 Å². The Hall–Kier alpha value is -2.82. The molecule has 1 aliphatic carbocycles. The molecule has 5 heteroatoms. The number of hydrogen-bond acceptors (Lipinski definition) is 4. The molecule has 2 heterocycles. The molecule has 0 saturated heterocycles. The van der Waals surface area contributed by atoms with E-state index in [1.807, 2.05) is 49.4 Å². The van der Waals surface area contributed by atoms with Crippen molar-refractivity contribution in [3.8, 4) is 5.75 Å². The first-order chi connectivity index (χ1) is 13.9. The number of carbonyl (C=O) groups excluding carboxylic acids is 1. The van der Waals surface area contributed by atoms with Gasteiger partial charge in [0, 0.05) is 19.0 Å². The van der Waals surface area contributed by atoms with Gasteiger partial charge < -0.3 is 10.5 Å². The number of guanidine groups is 1. The zero-order valence-electron chi connectivity index (χ0n) is 17.3. The van der Waals surface area contributed by atoms with Crippen LogP contribution in [0.5, 0.6) is 5.75 Å². The second-order valence-corrected chi connectivity index (χ2v) is 8.28. The predicted octanol–water partition coefficient (Wildman–Crippen LogP) is 4.30. The van der Waals surface area contributed by atoms with Crippen molar-refractivity contribution in [2.75, 3.05) is 7.05 Å². The van der Waals surface area contributed by atoms with E-state index in [4.69, 9.17) is 15.5 Å². The van der Waals surface area contributed by atoms with Crippen LogP contribution in [0.1, 0.15) is 56.6 Å². The SMILES string of the molecule is C=CC(=CC=CC)c1ccc2c(c1)C1(CC3(CCCCC3)O2)N=C(N)N(C)C1=O. The lowest BCUT2D eigenvalue weighted by Gasteiger charge is -2.47. The molecular weight excluding hydrogens is 362 g/mol. The molecular formula is C24H29N3O2. The molecule has 4 rings (SSSR count). The van der Waals surface area contributed by atoms with Gasteiger partial charge in [-0.25, -0.2) is 4.99 Å². The Bertz CT molecular complexity index is 937. The molecule has 1 aromatic rings. The highest BCUT2D eigenvalue weighted by atomic mass is 16.5. The molecule has 1 fully saturated rings. The largest absolute Gasteiger partial charge is 0.487 e. The Labute approximate surface area is 172 Å². The maximum atomic E-state index is 13.4. The number of rotatable bonds is 3. The van der Waals surface area contributed by atoms with Gasteiger partial charge in [0.2, 0.25) is 0 Å². The number of fused-ring (bicyclic) bond motifs is 2. The van der Waals surface area contributed by atoms with E-state index in [1.54, 1.807) is 7.05 Å². The van der Waals surface area contributed by atoms with Crippen molar-refractivity contribution in [2.45, 2.75) is 56.6 Å². The Morgan fingerprint density at radius 1 is 1.31 bits per heavy atom. The van der Waals surface area contributed by atoms with Gasteiger partial charge >= 0.3 is 0 Å². The van der Waals surface area contributed by atoms with E-state index in [2.05, 4.69) is 6.58 Å². The quantitative estimate of drug-likeness (QED) is 0.781. The molecule has 3 aliphatic rings. The third-order valence-corrected chi connectivity index (χ3v) is 6.42. The molecule has 1 atom stereocenters. The van der Waals surface area contributed by atoms with Gasteiger partial charge in [-0.1, -0.05) is 43.4 Å². The van der Waals surface area contributed by atoms with E-state index >= 15 is 0 Å². The first-order valence-corrected chi connectivity index (χ1v) is 10.4. The molecule has 1 saturated carbocycles. The van der Waals surface area contributed by atoms with Crippen molar-refractivity contribution in [1.29, 1.82) is 0 Å². The summed E-state index contributed by atoms with van der Waals surface area (Å²) >= 11 is 0. The van der Waals surface area contributed by atoms with Gasteiger partial charge in [0.1, 0.15) is 11.4 Å². The van der Waals surface area contributed by atoms with Crippen molar-refractivity contribution in [2.24, 2.45) is 10.7 Å². The third-order valence-electron chi connectivity index (χ3n) is 6.42. The van der Waals surface area contributed by atoms with Crippen molar-refractivity contribution < 1.29 is 9.53 Å². The summed E-state index contributed by atoms with van der Waals surface area (Å²) in [5.41, 5.74) is 7.53. The summed E-state index contributed by atoms with van der Waals surface area (Å²) in [6, 6.07) is 6.03. The highest BCUT2D eigenvalue weighted by Gasteiger charge is 2.58. The van der Waals surface area contributed by atoms with E-state index in [1.165, 1.54) is 11.3 Å². The van der Waals surface area contributed by atoms with Crippen LogP contribution in [0, 0.1) is 0 Å². The number of carbonyl (C=O) groups is 1. The first kappa shape index (κ1) is 19.5. The number of amides is 1. The van der Waals surface area contributed by atoms with Crippen molar-refractivity contribution in [1.82, 2.24) is 4.90 Å². The number of allylic oxidation sites excluding steroid dienone is 5. The monoisotopic (exact) mass is 391 g/mol. The van der Waals surface area contributed by atoms with Crippen LogP contribution >= 0.6 is 0 Å². The fourth-order valence-corrected chi connectivity index (χ4v) is 4.90. The van der Waals surface area contributed by atoms with Crippen LogP contribution in [-0.2, 0) is 10.3 Å². The number of hydrogen-bond donors (Lipinski definition) is 1. The van der Waals surface area contributed by atoms with E-state index in [0.29, 0.717) is 6.42 Å². The van der Waals surface area contributed by atoms with E-state index < -0.39 is 5.54 Å². The van der Waals surface area contributed by atoms with Crippen LogP contribution in [-0.4, -0.2) is 29.4 Å². The Morgan fingerprint density at radius 3 is 2.69 bits per heavy atom. The third kappa shape index (κ3) is 3.09. The smallest absolute Gasteiger partial charge is 0.261 e. The van der Waals surface area contributed by atoms with Crippen molar-refractivity contribution >= 4 is 17.4 Å². The van der Waals surface area contributed by atoms with Crippen LogP contribution in [0.2, 0.25) is 0 Å². The minimum atomic E-state index is -1.01. The Morgan fingerprint density at radius 2 is 2.07 bits per heavy atom. The summed E-state index contributed by atoms with van der Waals surface area (Å²) in [5, 5.41) is 0. The number of benzene rings is 1. The summed E-state index contributed by atoms with van der Waals surface area (Å²) in [5.74, 6) is 0.948. The maximum Gasteiger partial charge on any atom is 0.261 e. The maximum absolute atomic E-state index is 13.4. The number of aliphatic imine (C=N–C) groups is 1. The molecule has 0 bridgehead atoms. The average Bonchev–Trinajstić information content (AvgIpc) is 2.93. The van der Waals surface area contributed by atoms with E-state index in [-0.39, 0.29) is 17.5 Å². The molecule has 152 valence electrons. The Balaban J connectivity index is 1.89. The predicted molar refractivity (Wildman–Crippen MR) is 117 cm³/mol. The first-order valence-electron chi connectivity index (χ1n) is 10.4. The lowest BCUT2D eigenvalue weighted by molar-refractivity contribution is -0.135. The molecule has 0 aromatic heterocycles. The van der Waals surface area contributed by atoms with Gasteiger partial charge in [-0.2, -0.15) is 0 Å². The van der Waals surface area contributed by atoms with Crippen LogP contribution in [0.4, 0.5) is 0 Å². The number of nitrogens with two attached hydrogens (primary N) is 1. The molecule has 1 aromatic carbocycles. The lowest BCUT2D eigenvalue weighted by atomic mass is 9.70. The fourth-order valence-electron chi connectivity index (χ4n) is 4.90. The molecule has 2 N–H and O–H groups in total. The molecule has 2 aliphatic heterocycles. The molecule has 29 heavy (non-hydrogen) atoms. The summed E-state index contributed by atoms with van der Waals surface area (Å²) in [6.45, 7) is 5.92. The van der Waals surface area contributed by atoms with Crippen molar-refractivity contribution in [3.63, 3.8) is 0 Å². The van der Waals surface area contributed by atoms with Crippen molar-refractivity contribution in [3.05, 3.63) is 60.2 Å². The zero-order valence-corrected chi connectivity index (χ0v) is 17.3. The van der Waals surface area contributed by atoms with Crippen LogP contribution in [0.25, 0.3) is 5.57 Å². The van der Waals surface area contributed by atoms with Gasteiger partial charge in [-0.15, -0.1) is 0 Å². The molecule has 2 spiro atoms. The van der Waals surface area contributed by atoms with Gasteiger partial charge in [-0.3, -0.25) is 9.69 Å². The van der Waals surface area contributed by atoms with Crippen LogP contribution < -0.4 is 10.5 Å². The molecule has 5 nitrogen and oxygen atoms in total. The summed E-state index contributed by atoms with van der Waals surface area (Å²) in [4.78, 5) is 19.7. The van der Waals surface area contributed by atoms with Crippen LogP contribution in [0.15, 0.2) is 54.1 Å². The average molecular weight is 392 g/mol. The number of nitrogens with zero attached hydrogens (tertiary/aromatic N) is 2. The molecule has 1 amide bonds. The molecule has 0 radical (unpaired) electrons. The fraction of sp³-hybridized carbons (Fsp3) is 0.417. The second kappa shape index (κ2) is 7.21. The minimum Gasteiger partial charge on any atom is -0.487 e. The zero-order chi connectivity index (χ0) is 20.6. The van der Waals surface area contributed by atoms with E-state index in [0.717, 1.165) is 48.1 Å². The lowest BCUT2D eigenvalue weighted by Crippen LogP contribution is -2.52. The summed E-state index contributed by atoms with van der Waals surface area (Å²) < 4.78 is 6.58. The summed E-state index contributed by atoms with van der Waals surface area (Å²) in [7, 11) is 1.70. The van der Waals surface area contributed by atoms with Gasteiger partial charge in [0.25, 0.3) is 5.91 Å². The van der Waals surface area contributed by atoms with Gasteiger partial charge in [0.05, 0.1) is 0 Å². The normalized spacial score (nSPS) is 26.0. The molecule has 1 unspecified atom stereocenters. The Kier molecular flexibility index (Phi) is 4.85.